The van der Waals surface area contributed by atoms with E-state index in [4.69, 9.17) is 9.97 Å². The lowest BCUT2D eigenvalue weighted by Gasteiger charge is -2.22. The zero-order chi connectivity index (χ0) is 36.4. The maximum Gasteiger partial charge on any atom is 0.207 e. The number of hydrogen-bond acceptors (Lipinski definition) is 4. The number of ketones is 2. The SMILES string of the molecule is O=C1/C(=C/c2cccc(/C=C3\CCc4c(-c5ccccc5)cc(-c5ccccc5)nc4C3=O)c2)CCc2c(-c3ccccc3)cc(C3=CCCC=C3)nc21. The van der Waals surface area contributed by atoms with Crippen LogP contribution in [0.3, 0.4) is 0 Å². The summed E-state index contributed by atoms with van der Waals surface area (Å²) in [5.41, 5.74) is 14.4. The second-order valence-corrected chi connectivity index (χ2v) is 14.2. The van der Waals surface area contributed by atoms with Gasteiger partial charge in [0.2, 0.25) is 11.6 Å². The molecule has 0 saturated heterocycles. The molecule has 0 N–H and O–H groups in total. The quantitative estimate of drug-likeness (QED) is 0.162. The van der Waals surface area contributed by atoms with Crippen molar-refractivity contribution in [2.75, 3.05) is 0 Å². The summed E-state index contributed by atoms with van der Waals surface area (Å²) in [6.07, 6.45) is 15.2. The highest BCUT2D eigenvalue weighted by atomic mass is 16.1. The first-order chi connectivity index (χ1) is 26.6. The Morgan fingerprint density at radius 2 is 0.981 bits per heavy atom. The number of hydrogen-bond donors (Lipinski definition) is 0. The lowest BCUT2D eigenvalue weighted by molar-refractivity contribution is 0.101. The number of fused-ring (bicyclic) bond motifs is 2. The Bertz CT molecular complexity index is 2560. The molecule has 2 heterocycles. The van der Waals surface area contributed by atoms with Crippen LogP contribution in [0.15, 0.2) is 157 Å². The minimum atomic E-state index is -0.0342. The molecular weight excluding hydrogens is 661 g/mol. The number of carbonyl (C=O) groups excluding carboxylic acids is 2. The second-order valence-electron chi connectivity index (χ2n) is 14.2. The van der Waals surface area contributed by atoms with E-state index in [0.29, 0.717) is 24.2 Å². The van der Waals surface area contributed by atoms with Crippen molar-refractivity contribution in [1.82, 2.24) is 9.97 Å². The van der Waals surface area contributed by atoms with E-state index in [2.05, 4.69) is 60.7 Å². The zero-order valence-corrected chi connectivity index (χ0v) is 30.0. The van der Waals surface area contributed by atoms with Crippen LogP contribution in [0.4, 0.5) is 0 Å². The second kappa shape index (κ2) is 14.5. The van der Waals surface area contributed by atoms with Gasteiger partial charge >= 0.3 is 0 Å². The van der Waals surface area contributed by atoms with Crippen molar-refractivity contribution >= 4 is 29.3 Å². The van der Waals surface area contributed by atoms with Gasteiger partial charge in [0.25, 0.3) is 0 Å². The van der Waals surface area contributed by atoms with E-state index in [1.54, 1.807) is 0 Å². The molecular formula is C50H38N2O2. The minimum absolute atomic E-state index is 0.0204. The van der Waals surface area contributed by atoms with Crippen LogP contribution >= 0.6 is 0 Å². The number of carbonyl (C=O) groups is 2. The first-order valence-corrected chi connectivity index (χ1v) is 18.8. The molecule has 2 aromatic heterocycles. The van der Waals surface area contributed by atoms with Gasteiger partial charge in [-0.25, -0.2) is 9.97 Å². The van der Waals surface area contributed by atoms with Gasteiger partial charge in [-0.05, 0) is 119 Å². The van der Waals surface area contributed by atoms with Crippen molar-refractivity contribution in [3.63, 3.8) is 0 Å². The Morgan fingerprint density at radius 1 is 0.481 bits per heavy atom. The highest BCUT2D eigenvalue weighted by molar-refractivity contribution is 6.14. The summed E-state index contributed by atoms with van der Waals surface area (Å²) in [5, 5.41) is 0. The summed E-state index contributed by atoms with van der Waals surface area (Å²) >= 11 is 0. The number of aromatic nitrogens is 2. The summed E-state index contributed by atoms with van der Waals surface area (Å²) in [4.78, 5) is 38.4. The number of Topliss-reactive ketones (excluding diaryl/α,β-unsaturated/α-hetero) is 2. The molecule has 0 bridgehead atoms. The van der Waals surface area contributed by atoms with Crippen LogP contribution in [0.1, 0.15) is 74.6 Å². The highest BCUT2D eigenvalue weighted by Crippen LogP contribution is 2.38. The Hall–Kier alpha value is -6.52. The monoisotopic (exact) mass is 698 g/mol. The van der Waals surface area contributed by atoms with Gasteiger partial charge in [0.05, 0.1) is 11.4 Å². The lowest BCUT2D eigenvalue weighted by Crippen LogP contribution is -2.18. The first kappa shape index (κ1) is 33.3. The molecule has 54 heavy (non-hydrogen) atoms. The maximum atomic E-state index is 14.2. The predicted octanol–water partition coefficient (Wildman–Crippen LogP) is 11.6. The molecule has 260 valence electrons. The van der Waals surface area contributed by atoms with E-state index in [1.807, 2.05) is 97.1 Å². The van der Waals surface area contributed by atoms with Crippen LogP contribution in [0, 0.1) is 0 Å². The molecule has 4 nitrogen and oxygen atoms in total. The molecule has 0 saturated carbocycles. The molecule has 0 amide bonds. The van der Waals surface area contributed by atoms with E-state index in [1.165, 1.54) is 0 Å². The molecule has 0 fully saturated rings. The summed E-state index contributed by atoms with van der Waals surface area (Å²) in [6, 6.07) is 43.0. The molecule has 0 spiro atoms. The van der Waals surface area contributed by atoms with Crippen LogP contribution in [0.2, 0.25) is 0 Å². The van der Waals surface area contributed by atoms with Crippen molar-refractivity contribution in [3.8, 4) is 33.5 Å². The molecule has 6 aromatic rings. The topological polar surface area (TPSA) is 59.9 Å². The smallest absolute Gasteiger partial charge is 0.207 e. The third-order valence-corrected chi connectivity index (χ3v) is 10.7. The largest absolute Gasteiger partial charge is 0.287 e. The van der Waals surface area contributed by atoms with E-state index in [0.717, 1.165) is 104 Å². The minimum Gasteiger partial charge on any atom is -0.287 e. The van der Waals surface area contributed by atoms with Gasteiger partial charge in [-0.3, -0.25) is 9.59 Å². The zero-order valence-electron chi connectivity index (χ0n) is 30.0. The number of benzene rings is 4. The van der Waals surface area contributed by atoms with E-state index in [-0.39, 0.29) is 11.6 Å². The van der Waals surface area contributed by atoms with Crippen molar-refractivity contribution in [2.45, 2.75) is 38.5 Å². The normalized spacial score (nSPS) is 16.6. The average molecular weight is 699 g/mol. The van der Waals surface area contributed by atoms with Gasteiger partial charge in [0, 0.05) is 16.7 Å². The van der Waals surface area contributed by atoms with Crippen molar-refractivity contribution < 1.29 is 9.59 Å². The van der Waals surface area contributed by atoms with Gasteiger partial charge in [0.15, 0.2) is 0 Å². The van der Waals surface area contributed by atoms with Gasteiger partial charge in [-0.2, -0.15) is 0 Å². The number of nitrogens with zero attached hydrogens (tertiary/aromatic N) is 2. The number of allylic oxidation sites excluding steroid dienone is 6. The molecule has 0 radical (unpaired) electrons. The fraction of sp³-hybridized carbons (Fsp3) is 0.120. The summed E-state index contributed by atoms with van der Waals surface area (Å²) in [5.74, 6) is -0.0546. The Kier molecular flexibility index (Phi) is 8.94. The molecule has 3 aliphatic carbocycles. The Balaban J connectivity index is 1.04. The van der Waals surface area contributed by atoms with Crippen molar-refractivity contribution in [3.05, 3.63) is 196 Å². The molecule has 3 aliphatic rings. The molecule has 9 rings (SSSR count). The summed E-state index contributed by atoms with van der Waals surface area (Å²) in [7, 11) is 0. The third kappa shape index (κ3) is 6.52. The fourth-order valence-electron chi connectivity index (χ4n) is 7.95. The number of rotatable bonds is 6. The molecule has 4 heteroatoms. The van der Waals surface area contributed by atoms with Crippen molar-refractivity contribution in [2.24, 2.45) is 0 Å². The third-order valence-electron chi connectivity index (χ3n) is 10.7. The van der Waals surface area contributed by atoms with Crippen LogP contribution in [-0.4, -0.2) is 21.5 Å². The van der Waals surface area contributed by atoms with Crippen molar-refractivity contribution in [1.29, 1.82) is 0 Å². The molecule has 4 aromatic carbocycles. The van der Waals surface area contributed by atoms with E-state index >= 15 is 0 Å². The number of pyridine rings is 2. The first-order valence-electron chi connectivity index (χ1n) is 18.8. The van der Waals surface area contributed by atoms with Gasteiger partial charge in [0.1, 0.15) is 11.4 Å². The summed E-state index contributed by atoms with van der Waals surface area (Å²) < 4.78 is 0. The van der Waals surface area contributed by atoms with Crippen LogP contribution < -0.4 is 0 Å². The molecule has 0 aliphatic heterocycles. The fourth-order valence-corrected chi connectivity index (χ4v) is 7.95. The molecule has 0 unspecified atom stereocenters. The van der Waals surface area contributed by atoms with E-state index < -0.39 is 0 Å². The standard InChI is InChI=1S/C50H38N2O2/c53-49-39(24-26-41-43(35-16-5-1-6-17-35)31-45(51-47(41)49)37-20-9-3-10-21-37)29-33-14-13-15-34(28-33)30-40-25-27-42-44(36-18-7-2-8-19-36)32-46(52-48(42)50(40)54)38-22-11-4-12-23-38/h1-3,5-11,13-23,28-32H,4,12,24-27H2/b39-29+,40-30+. The summed E-state index contributed by atoms with van der Waals surface area (Å²) in [6.45, 7) is 0. The Labute approximate surface area is 316 Å². The Morgan fingerprint density at radius 3 is 1.50 bits per heavy atom. The highest BCUT2D eigenvalue weighted by Gasteiger charge is 2.29. The maximum absolute atomic E-state index is 14.2. The predicted molar refractivity (Wildman–Crippen MR) is 219 cm³/mol. The van der Waals surface area contributed by atoms with Gasteiger partial charge in [-0.1, -0.05) is 127 Å². The van der Waals surface area contributed by atoms with Crippen LogP contribution in [0.5, 0.6) is 0 Å². The molecule has 0 atom stereocenters. The average Bonchev–Trinajstić information content (AvgIpc) is 3.24. The lowest BCUT2D eigenvalue weighted by atomic mass is 9.83. The van der Waals surface area contributed by atoms with Crippen LogP contribution in [-0.2, 0) is 12.8 Å². The van der Waals surface area contributed by atoms with E-state index in [9.17, 15) is 9.59 Å². The van der Waals surface area contributed by atoms with Gasteiger partial charge in [-0.15, -0.1) is 0 Å². The van der Waals surface area contributed by atoms with Crippen LogP contribution in [0.25, 0.3) is 51.2 Å². The van der Waals surface area contributed by atoms with Gasteiger partial charge < -0.3 is 0 Å².